The first-order valence-corrected chi connectivity index (χ1v) is 9.91. The Bertz CT molecular complexity index is 635. The van der Waals surface area contributed by atoms with Crippen molar-refractivity contribution in [2.24, 2.45) is 0 Å². The fourth-order valence-corrected chi connectivity index (χ4v) is 3.90. The van der Waals surface area contributed by atoms with Crippen LogP contribution in [0.5, 0.6) is 0 Å². The zero-order chi connectivity index (χ0) is 17.6. The van der Waals surface area contributed by atoms with Gasteiger partial charge in [-0.2, -0.15) is 4.31 Å². The molecule has 1 aromatic heterocycles. The number of furan rings is 1. The zero-order valence-electron chi connectivity index (χ0n) is 14.4. The van der Waals surface area contributed by atoms with Crippen molar-refractivity contribution in [1.82, 2.24) is 9.21 Å². The van der Waals surface area contributed by atoms with Gasteiger partial charge >= 0.3 is 0 Å². The minimum atomic E-state index is -3.71. The van der Waals surface area contributed by atoms with Crippen LogP contribution in [-0.2, 0) is 14.8 Å². The fraction of sp³-hybridized carbons (Fsp3) is 0.688. The molecular weight excluding hydrogens is 332 g/mol. The first kappa shape index (κ1) is 19.0. The minimum Gasteiger partial charge on any atom is -0.438 e. The van der Waals surface area contributed by atoms with E-state index in [2.05, 4.69) is 6.92 Å². The highest BCUT2D eigenvalue weighted by molar-refractivity contribution is 7.89. The topological polar surface area (TPSA) is 80.1 Å². The molecule has 1 aliphatic heterocycles. The Labute approximate surface area is 143 Å². The Kier molecular flexibility index (Phi) is 6.82. The standard InChI is InChI=1S/C16H26N2O5S/c1-3-5-9-17(8-4-2)16(19)14-6-7-15(23-14)24(20,21)18-10-12-22-13-11-18/h6-7H,3-5,8-13H2,1-2H3. The van der Waals surface area contributed by atoms with E-state index in [1.54, 1.807) is 4.90 Å². The molecule has 0 saturated carbocycles. The van der Waals surface area contributed by atoms with Gasteiger partial charge in [0.2, 0.25) is 5.09 Å². The number of hydrogen-bond donors (Lipinski definition) is 0. The smallest absolute Gasteiger partial charge is 0.289 e. The second kappa shape index (κ2) is 8.64. The van der Waals surface area contributed by atoms with Crippen LogP contribution in [0.3, 0.4) is 0 Å². The van der Waals surface area contributed by atoms with E-state index in [1.807, 2.05) is 6.92 Å². The highest BCUT2D eigenvalue weighted by Gasteiger charge is 2.30. The molecule has 0 atom stereocenters. The van der Waals surface area contributed by atoms with Crippen LogP contribution in [0.1, 0.15) is 43.7 Å². The molecule has 1 fully saturated rings. The van der Waals surface area contributed by atoms with E-state index in [0.29, 0.717) is 39.4 Å². The molecule has 1 aliphatic rings. The molecule has 0 spiro atoms. The number of carbonyl (C=O) groups is 1. The van der Waals surface area contributed by atoms with Gasteiger partial charge in [0.15, 0.2) is 5.76 Å². The number of morpholine rings is 1. The second-order valence-electron chi connectivity index (χ2n) is 5.78. The number of sulfonamides is 1. The molecule has 2 rings (SSSR count). The molecule has 0 aliphatic carbocycles. The Balaban J connectivity index is 2.14. The summed E-state index contributed by atoms with van der Waals surface area (Å²) in [5.41, 5.74) is 0. The van der Waals surface area contributed by atoms with Crippen LogP contribution in [0, 0.1) is 0 Å². The maximum Gasteiger partial charge on any atom is 0.289 e. The van der Waals surface area contributed by atoms with Crippen LogP contribution in [0.4, 0.5) is 0 Å². The quantitative estimate of drug-likeness (QED) is 0.710. The molecule has 0 aromatic carbocycles. The summed E-state index contributed by atoms with van der Waals surface area (Å²) in [5, 5.41) is -0.181. The van der Waals surface area contributed by atoms with Crippen molar-refractivity contribution < 1.29 is 22.4 Å². The highest BCUT2D eigenvalue weighted by Crippen LogP contribution is 2.21. The third-order valence-electron chi connectivity index (χ3n) is 3.92. The monoisotopic (exact) mass is 358 g/mol. The van der Waals surface area contributed by atoms with Crippen LogP contribution < -0.4 is 0 Å². The van der Waals surface area contributed by atoms with Crippen LogP contribution in [0.2, 0.25) is 0 Å². The average Bonchev–Trinajstić information content (AvgIpc) is 3.09. The normalized spacial score (nSPS) is 16.2. The summed E-state index contributed by atoms with van der Waals surface area (Å²) in [6, 6.07) is 2.81. The first-order valence-electron chi connectivity index (χ1n) is 8.47. The summed E-state index contributed by atoms with van der Waals surface area (Å²) in [4.78, 5) is 14.3. The van der Waals surface area contributed by atoms with Crippen molar-refractivity contribution >= 4 is 15.9 Å². The van der Waals surface area contributed by atoms with Crippen molar-refractivity contribution in [3.8, 4) is 0 Å². The van der Waals surface area contributed by atoms with Gasteiger partial charge in [-0.05, 0) is 25.0 Å². The van der Waals surface area contributed by atoms with Gasteiger partial charge in [0.05, 0.1) is 13.2 Å². The van der Waals surface area contributed by atoms with Crippen molar-refractivity contribution in [2.75, 3.05) is 39.4 Å². The van der Waals surface area contributed by atoms with Gasteiger partial charge in [-0.15, -0.1) is 0 Å². The lowest BCUT2D eigenvalue weighted by atomic mass is 10.2. The number of nitrogens with zero attached hydrogens (tertiary/aromatic N) is 2. The Morgan fingerprint density at radius 3 is 2.50 bits per heavy atom. The van der Waals surface area contributed by atoms with Crippen LogP contribution in [0.15, 0.2) is 21.6 Å². The molecule has 8 heteroatoms. The minimum absolute atomic E-state index is 0.0754. The lowest BCUT2D eigenvalue weighted by molar-refractivity contribution is 0.0700. The van der Waals surface area contributed by atoms with E-state index in [0.717, 1.165) is 19.3 Å². The maximum absolute atomic E-state index is 12.6. The SMILES string of the molecule is CCCCN(CCC)C(=O)c1ccc(S(=O)(=O)N2CCOCC2)o1. The predicted molar refractivity (Wildman–Crippen MR) is 89.4 cm³/mol. The Morgan fingerprint density at radius 1 is 1.17 bits per heavy atom. The van der Waals surface area contributed by atoms with Crippen molar-refractivity contribution in [2.45, 2.75) is 38.2 Å². The lowest BCUT2D eigenvalue weighted by Crippen LogP contribution is -2.40. The predicted octanol–water partition coefficient (Wildman–Crippen LogP) is 1.95. The summed E-state index contributed by atoms with van der Waals surface area (Å²) in [7, 11) is -3.71. The van der Waals surface area contributed by atoms with Gasteiger partial charge in [-0.1, -0.05) is 20.3 Å². The largest absolute Gasteiger partial charge is 0.438 e. The summed E-state index contributed by atoms with van der Waals surface area (Å²) in [6.07, 6.45) is 2.74. The fourth-order valence-electron chi connectivity index (χ4n) is 2.58. The van der Waals surface area contributed by atoms with E-state index in [4.69, 9.17) is 9.15 Å². The van der Waals surface area contributed by atoms with E-state index in [9.17, 15) is 13.2 Å². The molecule has 0 N–H and O–H groups in total. The van der Waals surface area contributed by atoms with Crippen molar-refractivity contribution in [1.29, 1.82) is 0 Å². The molecule has 0 unspecified atom stereocenters. The van der Waals surface area contributed by atoms with Gasteiger partial charge < -0.3 is 14.1 Å². The molecule has 7 nitrogen and oxygen atoms in total. The molecule has 136 valence electrons. The molecule has 1 saturated heterocycles. The van der Waals surface area contributed by atoms with Gasteiger partial charge in [0, 0.05) is 26.2 Å². The van der Waals surface area contributed by atoms with E-state index >= 15 is 0 Å². The molecule has 1 amide bonds. The molecule has 0 radical (unpaired) electrons. The summed E-state index contributed by atoms with van der Waals surface area (Å²) >= 11 is 0. The van der Waals surface area contributed by atoms with Gasteiger partial charge in [-0.3, -0.25) is 4.79 Å². The first-order chi connectivity index (χ1) is 11.5. The number of hydrogen-bond acceptors (Lipinski definition) is 5. The molecule has 0 bridgehead atoms. The molecule has 1 aromatic rings. The van der Waals surface area contributed by atoms with Crippen LogP contribution in [0.25, 0.3) is 0 Å². The van der Waals surface area contributed by atoms with Crippen LogP contribution >= 0.6 is 0 Å². The highest BCUT2D eigenvalue weighted by atomic mass is 32.2. The van der Waals surface area contributed by atoms with Gasteiger partial charge in [-0.25, -0.2) is 8.42 Å². The number of ether oxygens (including phenoxy) is 1. The van der Waals surface area contributed by atoms with Gasteiger partial charge in [0.1, 0.15) is 0 Å². The van der Waals surface area contributed by atoms with Crippen molar-refractivity contribution in [3.05, 3.63) is 17.9 Å². The summed E-state index contributed by atoms with van der Waals surface area (Å²) < 4.78 is 37.0. The molecule has 24 heavy (non-hydrogen) atoms. The van der Waals surface area contributed by atoms with E-state index in [1.165, 1.54) is 16.4 Å². The average molecular weight is 358 g/mol. The zero-order valence-corrected chi connectivity index (χ0v) is 15.2. The van der Waals surface area contributed by atoms with E-state index in [-0.39, 0.29) is 16.8 Å². The third kappa shape index (κ3) is 4.37. The van der Waals surface area contributed by atoms with E-state index < -0.39 is 10.0 Å². The summed E-state index contributed by atoms with van der Waals surface area (Å²) in [5.74, 6) is -0.180. The molecular formula is C16H26N2O5S. The second-order valence-corrected chi connectivity index (χ2v) is 7.65. The van der Waals surface area contributed by atoms with Crippen LogP contribution in [-0.4, -0.2) is 62.9 Å². The molecule has 2 heterocycles. The third-order valence-corrected chi connectivity index (χ3v) is 5.69. The maximum atomic E-state index is 12.6. The van der Waals surface area contributed by atoms with Gasteiger partial charge in [0.25, 0.3) is 15.9 Å². The number of rotatable bonds is 8. The number of unbranched alkanes of at least 4 members (excludes halogenated alkanes) is 1. The Morgan fingerprint density at radius 2 is 1.88 bits per heavy atom. The Hall–Kier alpha value is -1.38. The number of amides is 1. The van der Waals surface area contributed by atoms with Crippen molar-refractivity contribution in [3.63, 3.8) is 0 Å². The number of carbonyl (C=O) groups excluding carboxylic acids is 1. The lowest BCUT2D eigenvalue weighted by Gasteiger charge is -2.24. The summed E-state index contributed by atoms with van der Waals surface area (Å²) in [6.45, 7) is 6.67.